The van der Waals surface area contributed by atoms with Crippen molar-refractivity contribution in [3.05, 3.63) is 65.2 Å². The van der Waals surface area contributed by atoms with E-state index in [0.29, 0.717) is 12.6 Å². The van der Waals surface area contributed by atoms with Gasteiger partial charge in [0, 0.05) is 23.9 Å². The molecule has 0 amide bonds. The maximum atomic E-state index is 5.57. The molecule has 0 radical (unpaired) electrons. The number of ether oxygens (including phenoxy) is 1. The van der Waals surface area contributed by atoms with Crippen molar-refractivity contribution < 1.29 is 4.74 Å². The molecule has 0 aromatic heterocycles. The van der Waals surface area contributed by atoms with Gasteiger partial charge in [-0.15, -0.1) is 0 Å². The van der Waals surface area contributed by atoms with Gasteiger partial charge in [0.05, 0.1) is 6.61 Å². The Morgan fingerprint density at radius 2 is 1.81 bits per heavy atom. The van der Waals surface area contributed by atoms with Gasteiger partial charge < -0.3 is 10.1 Å². The van der Waals surface area contributed by atoms with E-state index in [1.807, 2.05) is 6.92 Å². The van der Waals surface area contributed by atoms with E-state index in [0.717, 1.165) is 13.0 Å². The van der Waals surface area contributed by atoms with E-state index in [1.165, 1.54) is 35.2 Å². The Bertz CT molecular complexity index is 594. The van der Waals surface area contributed by atoms with Crippen molar-refractivity contribution in [2.24, 2.45) is 0 Å². The van der Waals surface area contributed by atoms with Crippen LogP contribution in [-0.2, 0) is 24.2 Å². The van der Waals surface area contributed by atoms with E-state index in [1.54, 1.807) is 0 Å². The van der Waals surface area contributed by atoms with E-state index >= 15 is 0 Å². The first-order valence-electron chi connectivity index (χ1n) is 7.85. The Balaban J connectivity index is 1.70. The SMILES string of the molecule is CCOCc1ccccc1NC1CCc2ccccc2C1. The second-order valence-electron chi connectivity index (χ2n) is 5.65. The summed E-state index contributed by atoms with van der Waals surface area (Å²) in [5.74, 6) is 0. The highest BCUT2D eigenvalue weighted by atomic mass is 16.5. The van der Waals surface area contributed by atoms with Crippen molar-refractivity contribution in [2.75, 3.05) is 11.9 Å². The monoisotopic (exact) mass is 281 g/mol. The topological polar surface area (TPSA) is 21.3 Å². The number of rotatable bonds is 5. The molecule has 0 spiro atoms. The van der Waals surface area contributed by atoms with Crippen LogP contribution in [0.5, 0.6) is 0 Å². The smallest absolute Gasteiger partial charge is 0.0736 e. The Morgan fingerprint density at radius 1 is 1.05 bits per heavy atom. The minimum Gasteiger partial charge on any atom is -0.382 e. The molecule has 0 saturated heterocycles. The Kier molecular flexibility index (Phi) is 4.56. The van der Waals surface area contributed by atoms with E-state index < -0.39 is 0 Å². The van der Waals surface area contributed by atoms with Crippen LogP contribution in [0.3, 0.4) is 0 Å². The summed E-state index contributed by atoms with van der Waals surface area (Å²) in [5.41, 5.74) is 5.47. The van der Waals surface area contributed by atoms with Gasteiger partial charge in [-0.25, -0.2) is 0 Å². The molecule has 0 aliphatic heterocycles. The standard InChI is InChI=1S/C19H23NO/c1-2-21-14-17-9-5-6-10-19(17)20-18-12-11-15-7-3-4-8-16(15)13-18/h3-10,18,20H,2,11-14H2,1H3. The molecular weight excluding hydrogens is 258 g/mol. The maximum absolute atomic E-state index is 5.57. The minimum atomic E-state index is 0.516. The van der Waals surface area contributed by atoms with Crippen LogP contribution in [0.25, 0.3) is 0 Å². The summed E-state index contributed by atoms with van der Waals surface area (Å²) in [6.45, 7) is 3.47. The van der Waals surface area contributed by atoms with E-state index in [4.69, 9.17) is 4.74 Å². The molecule has 2 aromatic carbocycles. The molecule has 3 rings (SSSR count). The van der Waals surface area contributed by atoms with Gasteiger partial charge in [-0.3, -0.25) is 0 Å². The van der Waals surface area contributed by atoms with Crippen LogP contribution in [0.4, 0.5) is 5.69 Å². The van der Waals surface area contributed by atoms with E-state index in [9.17, 15) is 0 Å². The van der Waals surface area contributed by atoms with Gasteiger partial charge in [-0.05, 0) is 43.4 Å². The minimum absolute atomic E-state index is 0.516. The summed E-state index contributed by atoms with van der Waals surface area (Å²) < 4.78 is 5.57. The lowest BCUT2D eigenvalue weighted by atomic mass is 9.88. The molecule has 0 saturated carbocycles. The van der Waals surface area contributed by atoms with Gasteiger partial charge in [0.15, 0.2) is 0 Å². The predicted molar refractivity (Wildman–Crippen MR) is 87.6 cm³/mol. The van der Waals surface area contributed by atoms with Gasteiger partial charge in [0.2, 0.25) is 0 Å². The van der Waals surface area contributed by atoms with Crippen molar-refractivity contribution in [2.45, 2.75) is 38.8 Å². The molecular formula is C19H23NO. The Labute approximate surface area is 127 Å². The molecule has 1 unspecified atom stereocenters. The zero-order chi connectivity index (χ0) is 14.5. The number of fused-ring (bicyclic) bond motifs is 1. The van der Waals surface area contributed by atoms with E-state index in [-0.39, 0.29) is 0 Å². The average molecular weight is 281 g/mol. The van der Waals surface area contributed by atoms with Crippen LogP contribution in [-0.4, -0.2) is 12.6 Å². The highest BCUT2D eigenvalue weighted by Gasteiger charge is 2.18. The zero-order valence-electron chi connectivity index (χ0n) is 12.6. The average Bonchev–Trinajstić information content (AvgIpc) is 2.54. The molecule has 1 aliphatic carbocycles. The first kappa shape index (κ1) is 14.2. The quantitative estimate of drug-likeness (QED) is 0.887. The van der Waals surface area contributed by atoms with Crippen LogP contribution in [0, 0.1) is 0 Å². The maximum Gasteiger partial charge on any atom is 0.0736 e. The Morgan fingerprint density at radius 3 is 2.67 bits per heavy atom. The van der Waals surface area contributed by atoms with Crippen molar-refractivity contribution in [3.63, 3.8) is 0 Å². The number of nitrogens with one attached hydrogen (secondary N) is 1. The van der Waals surface area contributed by atoms with Crippen LogP contribution >= 0.6 is 0 Å². The summed E-state index contributed by atoms with van der Waals surface area (Å²) >= 11 is 0. The molecule has 1 atom stereocenters. The lowest BCUT2D eigenvalue weighted by Crippen LogP contribution is -2.27. The summed E-state index contributed by atoms with van der Waals surface area (Å²) in [6, 6.07) is 17.8. The van der Waals surface area contributed by atoms with Crippen LogP contribution in [0.1, 0.15) is 30.0 Å². The summed E-state index contributed by atoms with van der Waals surface area (Å²) in [5, 5.41) is 3.72. The fraction of sp³-hybridized carbons (Fsp3) is 0.368. The van der Waals surface area contributed by atoms with E-state index in [2.05, 4.69) is 53.8 Å². The third kappa shape index (κ3) is 3.45. The molecule has 2 heteroatoms. The number of anilines is 1. The first-order chi connectivity index (χ1) is 10.4. The molecule has 0 heterocycles. The van der Waals surface area contributed by atoms with Gasteiger partial charge in [0.1, 0.15) is 0 Å². The van der Waals surface area contributed by atoms with Crippen molar-refractivity contribution >= 4 is 5.69 Å². The summed E-state index contributed by atoms with van der Waals surface area (Å²) in [7, 11) is 0. The second kappa shape index (κ2) is 6.77. The van der Waals surface area contributed by atoms with Gasteiger partial charge in [0.25, 0.3) is 0 Å². The number of para-hydroxylation sites is 1. The third-order valence-corrected chi connectivity index (χ3v) is 4.19. The lowest BCUT2D eigenvalue weighted by Gasteiger charge is -2.27. The Hall–Kier alpha value is -1.80. The predicted octanol–water partition coefficient (Wildman–Crippen LogP) is 4.19. The van der Waals surface area contributed by atoms with Crippen molar-refractivity contribution in [1.29, 1.82) is 0 Å². The normalized spacial score (nSPS) is 17.3. The molecule has 1 aliphatic rings. The van der Waals surface area contributed by atoms with Gasteiger partial charge >= 0.3 is 0 Å². The van der Waals surface area contributed by atoms with Gasteiger partial charge in [-0.1, -0.05) is 42.5 Å². The first-order valence-corrected chi connectivity index (χ1v) is 7.85. The fourth-order valence-electron chi connectivity index (χ4n) is 3.04. The van der Waals surface area contributed by atoms with Crippen molar-refractivity contribution in [1.82, 2.24) is 0 Å². The molecule has 0 bridgehead atoms. The van der Waals surface area contributed by atoms with Crippen molar-refractivity contribution in [3.8, 4) is 0 Å². The number of aryl methyl sites for hydroxylation is 1. The van der Waals surface area contributed by atoms with Crippen LogP contribution in [0.2, 0.25) is 0 Å². The highest BCUT2D eigenvalue weighted by molar-refractivity contribution is 5.52. The molecule has 2 nitrogen and oxygen atoms in total. The van der Waals surface area contributed by atoms with Crippen LogP contribution in [0.15, 0.2) is 48.5 Å². The summed E-state index contributed by atoms with van der Waals surface area (Å²) in [6.07, 6.45) is 3.47. The molecule has 110 valence electrons. The zero-order valence-corrected chi connectivity index (χ0v) is 12.6. The number of hydrogen-bond acceptors (Lipinski definition) is 2. The second-order valence-corrected chi connectivity index (χ2v) is 5.65. The largest absolute Gasteiger partial charge is 0.382 e. The number of hydrogen-bond donors (Lipinski definition) is 1. The molecule has 2 aromatic rings. The van der Waals surface area contributed by atoms with Crippen LogP contribution < -0.4 is 5.32 Å². The molecule has 0 fully saturated rings. The molecule has 1 N–H and O–H groups in total. The highest BCUT2D eigenvalue weighted by Crippen LogP contribution is 2.25. The molecule has 21 heavy (non-hydrogen) atoms. The third-order valence-electron chi connectivity index (χ3n) is 4.19. The lowest BCUT2D eigenvalue weighted by molar-refractivity contribution is 0.134. The van der Waals surface area contributed by atoms with Gasteiger partial charge in [-0.2, -0.15) is 0 Å². The fourth-order valence-corrected chi connectivity index (χ4v) is 3.04. The summed E-state index contributed by atoms with van der Waals surface area (Å²) in [4.78, 5) is 0. The number of benzene rings is 2.